The summed E-state index contributed by atoms with van der Waals surface area (Å²) in [5.41, 5.74) is -3.55. The van der Waals surface area contributed by atoms with Crippen molar-refractivity contribution in [3.8, 4) is 0 Å². The normalized spacial score (nSPS) is 14.5. The van der Waals surface area contributed by atoms with Crippen LogP contribution in [0, 0.1) is 5.92 Å². The Morgan fingerprint density at radius 2 is 1.22 bits per heavy atom. The molecule has 2 atom stereocenters. The third kappa shape index (κ3) is 10.2. The maximum absolute atomic E-state index is 13.3. The molecular weight excluding hydrogens is 499 g/mol. The van der Waals surface area contributed by atoms with E-state index in [1.165, 1.54) is 0 Å². The van der Waals surface area contributed by atoms with Gasteiger partial charge in [0.1, 0.15) is 0 Å². The number of unbranched alkanes of at least 4 members (excludes halogenated alkanes) is 3. The van der Waals surface area contributed by atoms with Crippen molar-refractivity contribution in [1.82, 2.24) is 5.32 Å². The van der Waals surface area contributed by atoms with E-state index >= 15 is 0 Å². The SMILES string of the molecule is CCCC[P+](CCCC)(CCCC)C[C@@H](NC(=O)c1cc(C(F)(F)F)cc(C(F)(F)F)c1)[C@@H](C)CC. The molecule has 0 spiro atoms. The molecule has 0 radical (unpaired) electrons. The van der Waals surface area contributed by atoms with Gasteiger partial charge in [-0.05, 0) is 43.4 Å². The number of benzene rings is 1. The molecule has 0 saturated heterocycles. The standard InChI is InChI=1S/C27H42F6NOP/c1-6-10-13-36(14-11-7-2,15-12-8-3)19-24(20(5)9-4)34-25(35)21-16-22(26(28,29)30)18-23(17-21)27(31,32)33/h16-18,20,24H,6-15,19H2,1-5H3/p+1/t20-,24+/m0/s1. The van der Waals surface area contributed by atoms with Gasteiger partial charge in [-0.3, -0.25) is 4.79 Å². The highest BCUT2D eigenvalue weighted by Gasteiger charge is 2.41. The van der Waals surface area contributed by atoms with Crippen LogP contribution in [0.5, 0.6) is 0 Å². The molecular formula is C27H43F6NOP+. The fourth-order valence-corrected chi connectivity index (χ4v) is 9.96. The number of carbonyl (C=O) groups is 1. The van der Waals surface area contributed by atoms with Gasteiger partial charge in [0.05, 0.1) is 41.8 Å². The Morgan fingerprint density at radius 3 is 1.56 bits per heavy atom. The summed E-state index contributed by atoms with van der Waals surface area (Å²) in [4.78, 5) is 13.1. The van der Waals surface area contributed by atoms with Gasteiger partial charge in [-0.1, -0.05) is 60.3 Å². The average molecular weight is 543 g/mol. The number of carbonyl (C=O) groups excluding carboxylic acids is 1. The molecule has 0 unspecified atom stereocenters. The lowest BCUT2D eigenvalue weighted by atomic mass is 9.99. The van der Waals surface area contributed by atoms with Crippen LogP contribution in [-0.4, -0.2) is 36.6 Å². The fourth-order valence-electron chi connectivity index (χ4n) is 4.50. The van der Waals surface area contributed by atoms with E-state index < -0.39 is 42.2 Å². The Kier molecular flexibility index (Phi) is 13.3. The maximum atomic E-state index is 13.3. The van der Waals surface area contributed by atoms with Crippen molar-refractivity contribution >= 4 is 13.2 Å². The molecule has 36 heavy (non-hydrogen) atoms. The lowest BCUT2D eigenvalue weighted by Crippen LogP contribution is -2.43. The van der Waals surface area contributed by atoms with Crippen LogP contribution in [0.1, 0.15) is 101 Å². The molecule has 0 bridgehead atoms. The van der Waals surface area contributed by atoms with E-state index in [1.54, 1.807) is 0 Å². The number of halogens is 6. The van der Waals surface area contributed by atoms with Crippen molar-refractivity contribution in [2.45, 2.75) is 98.0 Å². The zero-order valence-electron chi connectivity index (χ0n) is 22.3. The van der Waals surface area contributed by atoms with E-state index in [4.69, 9.17) is 0 Å². The first-order valence-corrected chi connectivity index (χ1v) is 15.7. The lowest BCUT2D eigenvalue weighted by Gasteiger charge is -2.34. The van der Waals surface area contributed by atoms with Crippen LogP contribution >= 0.6 is 7.26 Å². The number of hydrogen-bond donors (Lipinski definition) is 1. The molecule has 0 aromatic heterocycles. The largest absolute Gasteiger partial charge is 0.416 e. The molecule has 0 fully saturated rings. The van der Waals surface area contributed by atoms with Gasteiger partial charge in [0, 0.05) is 12.8 Å². The smallest absolute Gasteiger partial charge is 0.345 e. The molecule has 1 rings (SSSR count). The minimum absolute atomic E-state index is 0.0473. The topological polar surface area (TPSA) is 29.1 Å². The quantitative estimate of drug-likeness (QED) is 0.174. The molecule has 208 valence electrons. The first kappa shape index (κ1) is 32.7. The Morgan fingerprint density at radius 1 is 0.806 bits per heavy atom. The first-order chi connectivity index (χ1) is 16.7. The monoisotopic (exact) mass is 542 g/mol. The van der Waals surface area contributed by atoms with Gasteiger partial charge >= 0.3 is 12.4 Å². The third-order valence-electron chi connectivity index (χ3n) is 7.04. The summed E-state index contributed by atoms with van der Waals surface area (Å²) in [6.45, 7) is 10.4. The van der Waals surface area contributed by atoms with Crippen molar-refractivity contribution in [2.24, 2.45) is 5.92 Å². The molecule has 0 aliphatic carbocycles. The summed E-state index contributed by atoms with van der Waals surface area (Å²) in [6.07, 6.45) is 1.30. The molecule has 0 aliphatic rings. The van der Waals surface area contributed by atoms with Crippen LogP contribution in [0.3, 0.4) is 0 Å². The van der Waals surface area contributed by atoms with Gasteiger partial charge in [-0.15, -0.1) is 0 Å². The molecule has 0 aliphatic heterocycles. The highest BCUT2D eigenvalue weighted by Crippen LogP contribution is 2.61. The molecule has 0 saturated carbocycles. The minimum atomic E-state index is -4.99. The first-order valence-electron chi connectivity index (χ1n) is 13.2. The van der Waals surface area contributed by atoms with Crippen molar-refractivity contribution in [3.05, 3.63) is 34.9 Å². The second-order valence-electron chi connectivity index (χ2n) is 10.0. The van der Waals surface area contributed by atoms with Crippen LogP contribution in [0.15, 0.2) is 18.2 Å². The van der Waals surface area contributed by atoms with Gasteiger partial charge in [0.25, 0.3) is 5.91 Å². The second kappa shape index (κ2) is 14.6. The van der Waals surface area contributed by atoms with Crippen molar-refractivity contribution < 1.29 is 31.1 Å². The second-order valence-corrected chi connectivity index (χ2v) is 14.4. The number of rotatable bonds is 15. The number of amides is 1. The Hall–Kier alpha value is -1.30. The molecule has 0 heterocycles. The molecule has 1 amide bonds. The highest BCUT2D eigenvalue weighted by atomic mass is 31.2. The zero-order valence-corrected chi connectivity index (χ0v) is 23.2. The average Bonchev–Trinajstić information content (AvgIpc) is 2.82. The van der Waals surface area contributed by atoms with Crippen molar-refractivity contribution in [1.29, 1.82) is 0 Å². The van der Waals surface area contributed by atoms with Crippen molar-refractivity contribution in [3.63, 3.8) is 0 Å². The summed E-state index contributed by atoms with van der Waals surface area (Å²) in [7, 11) is -1.46. The molecule has 1 aromatic rings. The van der Waals surface area contributed by atoms with Crippen LogP contribution in [-0.2, 0) is 12.4 Å². The van der Waals surface area contributed by atoms with E-state index in [-0.39, 0.29) is 18.0 Å². The van der Waals surface area contributed by atoms with Gasteiger partial charge < -0.3 is 5.32 Å². The van der Waals surface area contributed by atoms with Gasteiger partial charge in [0.2, 0.25) is 0 Å². The van der Waals surface area contributed by atoms with Crippen LogP contribution in [0.4, 0.5) is 26.3 Å². The Bertz CT molecular complexity index is 754. The fraction of sp³-hybridized carbons (Fsp3) is 0.741. The molecule has 9 heteroatoms. The number of alkyl halides is 6. The predicted octanol–water partition coefficient (Wildman–Crippen LogP) is 9.29. The third-order valence-corrected chi connectivity index (χ3v) is 12.0. The number of hydrogen-bond acceptors (Lipinski definition) is 1. The minimum Gasteiger partial charge on any atom is -0.345 e. The summed E-state index contributed by atoms with van der Waals surface area (Å²) in [6, 6.07) is 0.794. The van der Waals surface area contributed by atoms with E-state index in [9.17, 15) is 31.1 Å². The zero-order chi connectivity index (χ0) is 27.6. The van der Waals surface area contributed by atoms with Crippen LogP contribution in [0.25, 0.3) is 0 Å². The van der Waals surface area contributed by atoms with E-state index in [0.29, 0.717) is 12.1 Å². The molecule has 1 N–H and O–H groups in total. The Balaban J connectivity index is 3.39. The summed E-state index contributed by atoms with van der Waals surface area (Å²) in [5.74, 6) is -0.831. The Labute approximate surface area is 213 Å². The van der Waals surface area contributed by atoms with Crippen LogP contribution in [0.2, 0.25) is 0 Å². The number of nitrogens with one attached hydrogen (secondary N) is 1. The molecule has 1 aromatic carbocycles. The van der Waals surface area contributed by atoms with E-state index in [2.05, 4.69) is 26.1 Å². The highest BCUT2D eigenvalue weighted by molar-refractivity contribution is 7.75. The van der Waals surface area contributed by atoms with E-state index in [0.717, 1.165) is 69.6 Å². The predicted molar refractivity (Wildman–Crippen MR) is 138 cm³/mol. The van der Waals surface area contributed by atoms with Gasteiger partial charge in [0.15, 0.2) is 0 Å². The lowest BCUT2D eigenvalue weighted by molar-refractivity contribution is -0.143. The summed E-state index contributed by atoms with van der Waals surface area (Å²) in [5, 5.41) is 2.88. The maximum Gasteiger partial charge on any atom is 0.416 e. The van der Waals surface area contributed by atoms with Gasteiger partial charge in [-0.25, -0.2) is 0 Å². The van der Waals surface area contributed by atoms with E-state index in [1.807, 2.05) is 13.8 Å². The van der Waals surface area contributed by atoms with Crippen molar-refractivity contribution in [2.75, 3.05) is 24.6 Å². The summed E-state index contributed by atoms with van der Waals surface area (Å²) < 4.78 is 80.0. The van der Waals surface area contributed by atoms with Crippen LogP contribution < -0.4 is 5.32 Å². The van der Waals surface area contributed by atoms with Gasteiger partial charge in [-0.2, -0.15) is 26.3 Å². The summed E-state index contributed by atoms with van der Waals surface area (Å²) >= 11 is 0. The molecule has 2 nitrogen and oxygen atoms in total.